The quantitative estimate of drug-likeness (QED) is 0.376. The molecule has 0 radical (unpaired) electrons. The van der Waals surface area contributed by atoms with Crippen LogP contribution in [0.3, 0.4) is 0 Å². The Kier molecular flexibility index (Phi) is 6.91. The van der Waals surface area contributed by atoms with E-state index < -0.39 is 6.10 Å². The molecule has 2 unspecified atom stereocenters. The van der Waals surface area contributed by atoms with Crippen molar-refractivity contribution in [2.45, 2.75) is 38.3 Å². The van der Waals surface area contributed by atoms with Crippen molar-refractivity contribution in [2.75, 3.05) is 5.32 Å². The van der Waals surface area contributed by atoms with Crippen LogP contribution >= 0.6 is 22.6 Å². The van der Waals surface area contributed by atoms with E-state index >= 15 is 0 Å². The van der Waals surface area contributed by atoms with Gasteiger partial charge in [0.25, 0.3) is 0 Å². The van der Waals surface area contributed by atoms with Crippen LogP contribution in [0.25, 0.3) is 0 Å². The summed E-state index contributed by atoms with van der Waals surface area (Å²) in [6.07, 6.45) is 0.0918. The number of rotatable bonds is 7. The van der Waals surface area contributed by atoms with Crippen molar-refractivity contribution in [1.82, 2.24) is 0 Å². The number of nitrogens with one attached hydrogen (secondary N) is 1. The number of aliphatic hydroxyl groups excluding tert-OH is 1. The standard InChI is InChI=1S/C24H26INO/c1-17(2)18-8-10-19(11-9-18)23(26-22-14-12-21(25)13-15-22)16-24(27)20-6-4-3-5-7-20/h3-15,17,23-24,26-27H,16H2,1-2H3. The summed E-state index contributed by atoms with van der Waals surface area (Å²) in [4.78, 5) is 0. The van der Waals surface area contributed by atoms with Crippen molar-refractivity contribution in [3.63, 3.8) is 0 Å². The van der Waals surface area contributed by atoms with Gasteiger partial charge in [-0.05, 0) is 69.5 Å². The van der Waals surface area contributed by atoms with Crippen molar-refractivity contribution < 1.29 is 5.11 Å². The third-order valence-corrected chi connectivity index (χ3v) is 5.55. The minimum Gasteiger partial charge on any atom is -0.388 e. The maximum atomic E-state index is 10.8. The van der Waals surface area contributed by atoms with Gasteiger partial charge in [0, 0.05) is 15.7 Å². The summed E-state index contributed by atoms with van der Waals surface area (Å²) in [5.74, 6) is 0.511. The molecule has 2 atom stereocenters. The zero-order chi connectivity index (χ0) is 19.2. The van der Waals surface area contributed by atoms with Crippen LogP contribution in [0.2, 0.25) is 0 Å². The molecule has 0 saturated carbocycles. The van der Waals surface area contributed by atoms with Crippen LogP contribution < -0.4 is 5.32 Å². The minimum absolute atomic E-state index is 0.0291. The Balaban J connectivity index is 1.84. The first-order valence-electron chi connectivity index (χ1n) is 9.38. The summed E-state index contributed by atoms with van der Waals surface area (Å²) in [5, 5.41) is 14.4. The topological polar surface area (TPSA) is 32.3 Å². The van der Waals surface area contributed by atoms with Crippen molar-refractivity contribution >= 4 is 28.3 Å². The third-order valence-electron chi connectivity index (χ3n) is 4.83. The zero-order valence-corrected chi connectivity index (χ0v) is 17.9. The fourth-order valence-electron chi connectivity index (χ4n) is 3.17. The van der Waals surface area contributed by atoms with Crippen molar-refractivity contribution in [3.8, 4) is 0 Å². The molecule has 3 aromatic rings. The summed E-state index contributed by atoms with van der Waals surface area (Å²) in [5.41, 5.74) is 4.53. The first-order valence-corrected chi connectivity index (χ1v) is 10.5. The molecule has 0 fully saturated rings. The van der Waals surface area contributed by atoms with Crippen LogP contribution in [0.1, 0.15) is 55.0 Å². The van der Waals surface area contributed by atoms with Crippen LogP contribution in [-0.2, 0) is 0 Å². The van der Waals surface area contributed by atoms with E-state index in [1.54, 1.807) is 0 Å². The van der Waals surface area contributed by atoms with Gasteiger partial charge in [0.2, 0.25) is 0 Å². The van der Waals surface area contributed by atoms with Gasteiger partial charge in [0.05, 0.1) is 12.1 Å². The molecule has 0 spiro atoms. The number of benzene rings is 3. The van der Waals surface area contributed by atoms with Gasteiger partial charge >= 0.3 is 0 Å². The van der Waals surface area contributed by atoms with Gasteiger partial charge in [-0.15, -0.1) is 0 Å². The minimum atomic E-state index is -0.516. The number of anilines is 1. The smallest absolute Gasteiger partial charge is 0.0812 e. The SMILES string of the molecule is CC(C)c1ccc(C(CC(O)c2ccccc2)Nc2ccc(I)cc2)cc1. The highest BCUT2D eigenvalue weighted by atomic mass is 127. The van der Waals surface area contributed by atoms with E-state index in [0.29, 0.717) is 12.3 Å². The van der Waals surface area contributed by atoms with E-state index in [-0.39, 0.29) is 6.04 Å². The van der Waals surface area contributed by atoms with E-state index in [2.05, 4.69) is 90.3 Å². The molecule has 3 rings (SSSR count). The highest BCUT2D eigenvalue weighted by Gasteiger charge is 2.18. The molecule has 0 saturated heterocycles. The fourth-order valence-corrected chi connectivity index (χ4v) is 3.53. The first-order chi connectivity index (χ1) is 13.0. The lowest BCUT2D eigenvalue weighted by Gasteiger charge is -2.24. The molecule has 0 aromatic heterocycles. The van der Waals surface area contributed by atoms with Gasteiger partial charge in [-0.25, -0.2) is 0 Å². The monoisotopic (exact) mass is 471 g/mol. The Hall–Kier alpha value is -1.85. The second-order valence-electron chi connectivity index (χ2n) is 7.19. The Labute approximate surface area is 175 Å². The summed E-state index contributed by atoms with van der Waals surface area (Å²) >= 11 is 2.31. The highest BCUT2D eigenvalue weighted by Crippen LogP contribution is 2.30. The number of halogens is 1. The first kappa shape index (κ1) is 19.9. The Morgan fingerprint density at radius 2 is 1.37 bits per heavy atom. The van der Waals surface area contributed by atoms with E-state index in [4.69, 9.17) is 0 Å². The second kappa shape index (κ2) is 9.38. The Morgan fingerprint density at radius 3 is 1.96 bits per heavy atom. The third kappa shape index (κ3) is 5.56. The molecule has 0 aliphatic heterocycles. The maximum absolute atomic E-state index is 10.8. The van der Waals surface area contributed by atoms with Gasteiger partial charge in [-0.2, -0.15) is 0 Å². The van der Waals surface area contributed by atoms with Crippen molar-refractivity contribution in [1.29, 1.82) is 0 Å². The maximum Gasteiger partial charge on any atom is 0.0812 e. The Bertz CT molecular complexity index is 829. The lowest BCUT2D eigenvalue weighted by molar-refractivity contribution is 0.160. The summed E-state index contributed by atoms with van der Waals surface area (Å²) in [7, 11) is 0. The van der Waals surface area contributed by atoms with Crippen LogP contribution in [-0.4, -0.2) is 5.11 Å². The van der Waals surface area contributed by atoms with E-state index in [9.17, 15) is 5.11 Å². The van der Waals surface area contributed by atoms with Gasteiger partial charge < -0.3 is 10.4 Å². The van der Waals surface area contributed by atoms with Crippen LogP contribution in [0, 0.1) is 3.57 Å². The van der Waals surface area contributed by atoms with Gasteiger partial charge in [-0.3, -0.25) is 0 Å². The number of hydrogen-bond acceptors (Lipinski definition) is 2. The molecule has 2 nitrogen and oxygen atoms in total. The molecule has 0 aliphatic rings. The van der Waals surface area contributed by atoms with Gasteiger partial charge in [-0.1, -0.05) is 68.4 Å². The van der Waals surface area contributed by atoms with Gasteiger partial charge in [0.1, 0.15) is 0 Å². The molecule has 140 valence electrons. The van der Waals surface area contributed by atoms with Crippen molar-refractivity contribution in [3.05, 3.63) is 99.1 Å². The van der Waals surface area contributed by atoms with E-state index in [1.807, 2.05) is 30.3 Å². The van der Waals surface area contributed by atoms with Crippen LogP contribution in [0.5, 0.6) is 0 Å². The summed E-state index contributed by atoms with van der Waals surface area (Å²) < 4.78 is 1.21. The van der Waals surface area contributed by atoms with Crippen LogP contribution in [0.15, 0.2) is 78.9 Å². The molecular weight excluding hydrogens is 445 g/mol. The second-order valence-corrected chi connectivity index (χ2v) is 8.43. The molecule has 0 heterocycles. The predicted molar refractivity (Wildman–Crippen MR) is 122 cm³/mol. The number of hydrogen-bond donors (Lipinski definition) is 2. The fraction of sp³-hybridized carbons (Fsp3) is 0.250. The molecule has 2 N–H and O–H groups in total. The molecule has 27 heavy (non-hydrogen) atoms. The summed E-state index contributed by atoms with van der Waals surface area (Å²) in [6.45, 7) is 4.41. The summed E-state index contributed by atoms with van der Waals surface area (Å²) in [6, 6.07) is 27.0. The molecule has 0 amide bonds. The highest BCUT2D eigenvalue weighted by molar-refractivity contribution is 14.1. The van der Waals surface area contributed by atoms with Crippen LogP contribution in [0.4, 0.5) is 5.69 Å². The van der Waals surface area contributed by atoms with Crippen molar-refractivity contribution in [2.24, 2.45) is 0 Å². The molecule has 0 aliphatic carbocycles. The molecule has 3 aromatic carbocycles. The Morgan fingerprint density at radius 1 is 0.778 bits per heavy atom. The average molecular weight is 471 g/mol. The average Bonchev–Trinajstić information content (AvgIpc) is 2.70. The largest absolute Gasteiger partial charge is 0.388 e. The van der Waals surface area contributed by atoms with Gasteiger partial charge in [0.15, 0.2) is 0 Å². The van der Waals surface area contributed by atoms with E-state index in [0.717, 1.165) is 11.3 Å². The lowest BCUT2D eigenvalue weighted by Crippen LogP contribution is -2.15. The molecule has 3 heteroatoms. The predicted octanol–water partition coefficient (Wildman–Crippen LogP) is 6.69. The zero-order valence-electron chi connectivity index (χ0n) is 15.8. The number of aliphatic hydroxyl groups is 1. The molecule has 0 bridgehead atoms. The lowest BCUT2D eigenvalue weighted by atomic mass is 9.94. The molecular formula is C24H26INO. The normalized spacial score (nSPS) is 13.4. The van der Waals surface area contributed by atoms with E-state index in [1.165, 1.54) is 14.7 Å².